The number of ether oxygens (including phenoxy) is 1. The minimum atomic E-state index is -1.44. The van der Waals surface area contributed by atoms with Crippen molar-refractivity contribution in [1.29, 1.82) is 0 Å². The number of anilines is 1. The van der Waals surface area contributed by atoms with Crippen LogP contribution in [-0.2, 0) is 9.53 Å². The summed E-state index contributed by atoms with van der Waals surface area (Å²) in [5.41, 5.74) is -0.922. The summed E-state index contributed by atoms with van der Waals surface area (Å²) in [5, 5.41) is 49.9. The first-order valence-electron chi connectivity index (χ1n) is 10.1. The van der Waals surface area contributed by atoms with Crippen molar-refractivity contribution >= 4 is 34.1 Å². The lowest BCUT2D eigenvalue weighted by Gasteiger charge is -2.39. The fourth-order valence-corrected chi connectivity index (χ4v) is 4.99. The Morgan fingerprint density at radius 3 is 2.45 bits per heavy atom. The van der Waals surface area contributed by atoms with E-state index in [4.69, 9.17) is 4.74 Å². The number of thioether (sulfide) groups is 1. The largest absolute Gasteiger partial charge is 0.394 e. The highest BCUT2D eigenvalue weighted by molar-refractivity contribution is 8.01. The molecule has 0 saturated carbocycles. The van der Waals surface area contributed by atoms with Crippen LogP contribution in [0, 0.1) is 0 Å². The van der Waals surface area contributed by atoms with E-state index in [-0.39, 0.29) is 5.91 Å². The van der Waals surface area contributed by atoms with Gasteiger partial charge in [0.1, 0.15) is 29.9 Å². The van der Waals surface area contributed by atoms with Crippen LogP contribution < -0.4 is 5.32 Å². The van der Waals surface area contributed by atoms with Crippen LogP contribution in [0.2, 0.25) is 0 Å². The minimum Gasteiger partial charge on any atom is -0.394 e. The van der Waals surface area contributed by atoms with E-state index in [1.165, 1.54) is 25.7 Å². The lowest BCUT2D eigenvalue weighted by Crippen LogP contribution is -2.57. The SMILES string of the molecule is CCCCCCCCCC(=O)Nc1nnc(S[C@@H]2O[C@H](CO)[C@H](O)[C@H](O)[C@H]2O)s1. The Hall–Kier alpha value is -0.820. The van der Waals surface area contributed by atoms with Crippen LogP contribution >= 0.6 is 23.1 Å². The van der Waals surface area contributed by atoms with Gasteiger partial charge in [-0.05, 0) is 6.42 Å². The molecule has 0 spiro atoms. The third-order valence-corrected chi connectivity index (χ3v) is 6.80. The first-order chi connectivity index (χ1) is 14.0. The number of nitrogens with one attached hydrogen (secondary N) is 1. The number of nitrogens with zero attached hydrogens (tertiary/aromatic N) is 2. The third kappa shape index (κ3) is 7.74. The molecule has 0 radical (unpaired) electrons. The molecule has 166 valence electrons. The van der Waals surface area contributed by atoms with Gasteiger partial charge in [-0.25, -0.2) is 0 Å². The van der Waals surface area contributed by atoms with Crippen LogP contribution in [-0.4, -0.2) is 73.0 Å². The zero-order valence-corrected chi connectivity index (χ0v) is 18.2. The number of aliphatic hydroxyl groups excluding tert-OH is 4. The zero-order valence-electron chi connectivity index (χ0n) is 16.6. The smallest absolute Gasteiger partial charge is 0.226 e. The lowest BCUT2D eigenvalue weighted by atomic mass is 10.0. The Morgan fingerprint density at radius 1 is 1.07 bits per heavy atom. The van der Waals surface area contributed by atoms with E-state index in [0.717, 1.165) is 42.4 Å². The normalized spacial score (nSPS) is 27.1. The van der Waals surface area contributed by atoms with Crippen molar-refractivity contribution in [3.63, 3.8) is 0 Å². The molecule has 1 aromatic rings. The van der Waals surface area contributed by atoms with E-state index in [2.05, 4.69) is 22.4 Å². The topological polar surface area (TPSA) is 145 Å². The number of amides is 1. The average molecular weight is 450 g/mol. The Bertz CT molecular complexity index is 618. The number of hydrogen-bond donors (Lipinski definition) is 5. The molecule has 0 unspecified atom stereocenters. The molecule has 1 amide bonds. The molecule has 0 aromatic carbocycles. The summed E-state index contributed by atoms with van der Waals surface area (Å²) in [4.78, 5) is 12.0. The summed E-state index contributed by atoms with van der Waals surface area (Å²) in [6, 6.07) is 0. The first kappa shape index (κ1) is 24.4. The van der Waals surface area contributed by atoms with Gasteiger partial charge >= 0.3 is 0 Å². The van der Waals surface area contributed by atoms with Crippen LogP contribution in [0.1, 0.15) is 58.3 Å². The van der Waals surface area contributed by atoms with E-state index in [9.17, 15) is 25.2 Å². The van der Waals surface area contributed by atoms with Gasteiger partial charge in [0.2, 0.25) is 11.0 Å². The highest BCUT2D eigenvalue weighted by Crippen LogP contribution is 2.35. The number of hydrogen-bond acceptors (Lipinski definition) is 10. The molecule has 5 N–H and O–H groups in total. The fraction of sp³-hybridized carbons (Fsp3) is 0.833. The predicted octanol–water partition coefficient (Wildman–Crippen LogP) is 1.51. The summed E-state index contributed by atoms with van der Waals surface area (Å²) in [5.74, 6) is -0.112. The molecule has 11 heteroatoms. The van der Waals surface area contributed by atoms with Gasteiger partial charge in [0, 0.05) is 6.42 Å². The van der Waals surface area contributed by atoms with Crippen molar-refractivity contribution in [3.05, 3.63) is 0 Å². The second-order valence-electron chi connectivity index (χ2n) is 7.11. The van der Waals surface area contributed by atoms with Gasteiger partial charge in [-0.1, -0.05) is 68.5 Å². The van der Waals surface area contributed by atoms with Crippen molar-refractivity contribution < 1.29 is 30.0 Å². The second kappa shape index (κ2) is 12.8. The molecular formula is C18H31N3O6S2. The van der Waals surface area contributed by atoms with Gasteiger partial charge in [0.05, 0.1) is 6.61 Å². The highest BCUT2D eigenvalue weighted by Gasteiger charge is 2.44. The fourth-order valence-electron chi connectivity index (χ4n) is 3.00. The molecule has 2 rings (SSSR count). The standard InChI is InChI=1S/C18H31N3O6S2/c1-2-3-4-5-6-7-8-9-12(23)19-17-20-21-18(29-17)28-16-15(26)14(25)13(24)11(10-22)27-16/h11,13-16,22,24-26H,2-10H2,1H3,(H,19,20,23)/t11-,13+,14+,15-,16+/m1/s1. The zero-order chi connectivity index (χ0) is 21.2. The number of unbranched alkanes of at least 4 members (excludes halogenated alkanes) is 6. The van der Waals surface area contributed by atoms with Crippen molar-refractivity contribution in [3.8, 4) is 0 Å². The highest BCUT2D eigenvalue weighted by atomic mass is 32.2. The second-order valence-corrected chi connectivity index (χ2v) is 9.43. The van der Waals surface area contributed by atoms with Gasteiger partial charge in [-0.3, -0.25) is 4.79 Å². The van der Waals surface area contributed by atoms with Crippen LogP contribution in [0.4, 0.5) is 5.13 Å². The number of rotatable bonds is 12. The maximum Gasteiger partial charge on any atom is 0.226 e. The van der Waals surface area contributed by atoms with Crippen LogP contribution in [0.5, 0.6) is 0 Å². The average Bonchev–Trinajstić information content (AvgIpc) is 3.14. The van der Waals surface area contributed by atoms with Crippen molar-refractivity contribution in [2.24, 2.45) is 0 Å². The number of carbonyl (C=O) groups is 1. The van der Waals surface area contributed by atoms with Crippen molar-refractivity contribution in [2.75, 3.05) is 11.9 Å². The molecule has 1 saturated heterocycles. The summed E-state index contributed by atoms with van der Waals surface area (Å²) < 4.78 is 5.86. The van der Waals surface area contributed by atoms with Crippen LogP contribution in [0.3, 0.4) is 0 Å². The van der Waals surface area contributed by atoms with Gasteiger partial charge in [-0.15, -0.1) is 10.2 Å². The molecule has 0 bridgehead atoms. The maximum atomic E-state index is 12.0. The molecular weight excluding hydrogens is 418 g/mol. The predicted molar refractivity (Wildman–Crippen MR) is 111 cm³/mol. The molecule has 2 heterocycles. The summed E-state index contributed by atoms with van der Waals surface area (Å²) >= 11 is 2.15. The van der Waals surface area contributed by atoms with E-state index in [1.807, 2.05) is 0 Å². The molecule has 29 heavy (non-hydrogen) atoms. The van der Waals surface area contributed by atoms with Gasteiger partial charge < -0.3 is 30.5 Å². The monoisotopic (exact) mass is 449 g/mol. The molecule has 1 aliphatic rings. The summed E-state index contributed by atoms with van der Waals surface area (Å²) in [6.45, 7) is 1.70. The van der Waals surface area contributed by atoms with E-state index in [1.54, 1.807) is 0 Å². The molecule has 1 fully saturated rings. The van der Waals surface area contributed by atoms with E-state index < -0.39 is 36.5 Å². The Morgan fingerprint density at radius 2 is 1.76 bits per heavy atom. The maximum absolute atomic E-state index is 12.0. The lowest BCUT2D eigenvalue weighted by molar-refractivity contribution is -0.205. The Labute approximate surface area is 178 Å². The number of carbonyl (C=O) groups excluding carboxylic acids is 1. The molecule has 1 aliphatic heterocycles. The third-order valence-electron chi connectivity index (χ3n) is 4.73. The molecule has 5 atom stereocenters. The minimum absolute atomic E-state index is 0.112. The van der Waals surface area contributed by atoms with Gasteiger partial charge in [-0.2, -0.15) is 0 Å². The Kier molecular flexibility index (Phi) is 10.8. The van der Waals surface area contributed by atoms with E-state index in [0.29, 0.717) is 15.9 Å². The molecule has 1 aromatic heterocycles. The van der Waals surface area contributed by atoms with Crippen LogP contribution in [0.25, 0.3) is 0 Å². The Balaban J connectivity index is 1.74. The molecule has 9 nitrogen and oxygen atoms in total. The van der Waals surface area contributed by atoms with Crippen molar-refractivity contribution in [2.45, 2.75) is 92.5 Å². The van der Waals surface area contributed by atoms with Gasteiger partial charge in [0.15, 0.2) is 4.34 Å². The van der Waals surface area contributed by atoms with E-state index >= 15 is 0 Å². The number of aliphatic hydroxyl groups is 4. The molecule has 0 aliphatic carbocycles. The first-order valence-corrected chi connectivity index (χ1v) is 11.8. The summed E-state index contributed by atoms with van der Waals surface area (Å²) in [7, 11) is 0. The quantitative estimate of drug-likeness (QED) is 0.237. The number of aromatic nitrogens is 2. The van der Waals surface area contributed by atoms with Crippen molar-refractivity contribution in [1.82, 2.24) is 10.2 Å². The van der Waals surface area contributed by atoms with Crippen LogP contribution in [0.15, 0.2) is 4.34 Å². The van der Waals surface area contributed by atoms with Gasteiger partial charge in [0.25, 0.3) is 0 Å². The summed E-state index contributed by atoms with van der Waals surface area (Å²) in [6.07, 6.45) is 3.24.